The average molecular weight is 257 g/mol. The van der Waals surface area contributed by atoms with Crippen LogP contribution in [0.5, 0.6) is 0 Å². The van der Waals surface area contributed by atoms with Crippen molar-refractivity contribution in [1.29, 1.82) is 0 Å². The van der Waals surface area contributed by atoms with Crippen molar-refractivity contribution in [3.8, 4) is 0 Å². The number of hydrogen-bond acceptors (Lipinski definition) is 2. The zero-order valence-electron chi connectivity index (χ0n) is 10.6. The number of ketones is 1. The topological polar surface area (TPSA) is 43.1 Å². The number of carbonyl (C=O) groups excluding carboxylic acids is 1. The third-order valence-electron chi connectivity index (χ3n) is 3.04. The molecular weight excluding hydrogens is 241 g/mol. The van der Waals surface area contributed by atoms with Gasteiger partial charge in [-0.3, -0.25) is 4.79 Å². The highest BCUT2D eigenvalue weighted by molar-refractivity contribution is 5.98. The van der Waals surface area contributed by atoms with Gasteiger partial charge in [0.05, 0.1) is 0 Å². The van der Waals surface area contributed by atoms with E-state index in [1.165, 1.54) is 6.07 Å². The lowest BCUT2D eigenvalue weighted by Gasteiger charge is -2.08. The predicted molar refractivity (Wildman–Crippen MR) is 73.6 cm³/mol. The van der Waals surface area contributed by atoms with Gasteiger partial charge in [-0.2, -0.15) is 0 Å². The molecule has 0 amide bonds. The van der Waals surface area contributed by atoms with Crippen molar-refractivity contribution in [3.05, 3.63) is 71.0 Å². The molecule has 0 spiro atoms. The molecule has 0 saturated heterocycles. The third kappa shape index (κ3) is 3.26. The van der Waals surface area contributed by atoms with Gasteiger partial charge in [0.2, 0.25) is 0 Å². The summed E-state index contributed by atoms with van der Waals surface area (Å²) < 4.78 is 13.5. The van der Waals surface area contributed by atoms with Gasteiger partial charge >= 0.3 is 0 Å². The summed E-state index contributed by atoms with van der Waals surface area (Å²) in [6.07, 6.45) is 0.730. The van der Waals surface area contributed by atoms with Gasteiger partial charge in [0.25, 0.3) is 0 Å². The number of halogens is 1. The van der Waals surface area contributed by atoms with E-state index in [0.717, 1.165) is 5.56 Å². The molecule has 2 aromatic rings. The van der Waals surface area contributed by atoms with Crippen molar-refractivity contribution >= 4 is 5.78 Å². The van der Waals surface area contributed by atoms with Crippen LogP contribution < -0.4 is 5.73 Å². The Bertz CT molecular complexity index is 580. The molecule has 98 valence electrons. The maximum absolute atomic E-state index is 13.5. The van der Waals surface area contributed by atoms with Crippen molar-refractivity contribution in [2.45, 2.75) is 12.8 Å². The summed E-state index contributed by atoms with van der Waals surface area (Å²) in [5.41, 5.74) is 7.52. The van der Waals surface area contributed by atoms with Crippen LogP contribution in [0.1, 0.15) is 21.5 Å². The second-order valence-electron chi connectivity index (χ2n) is 4.39. The van der Waals surface area contributed by atoms with Crippen LogP contribution in [0.25, 0.3) is 0 Å². The molecule has 0 radical (unpaired) electrons. The minimum absolute atomic E-state index is 0.0749. The molecule has 2 nitrogen and oxygen atoms in total. The van der Waals surface area contributed by atoms with E-state index in [-0.39, 0.29) is 18.0 Å². The van der Waals surface area contributed by atoms with Crippen molar-refractivity contribution in [2.75, 3.05) is 6.54 Å². The molecule has 0 aliphatic carbocycles. The Hall–Kier alpha value is -2.00. The molecule has 0 saturated carbocycles. The smallest absolute Gasteiger partial charge is 0.167 e. The van der Waals surface area contributed by atoms with Crippen LogP contribution in [0.3, 0.4) is 0 Å². The predicted octanol–water partition coefficient (Wildman–Crippen LogP) is 2.75. The number of Topliss-reactive ketones (excluding diaryl/α,β-unsaturated/α-hetero) is 1. The highest BCUT2D eigenvalue weighted by Crippen LogP contribution is 2.15. The molecule has 0 aliphatic heterocycles. The number of hydrogen-bond donors (Lipinski definition) is 1. The number of nitrogens with two attached hydrogens (primary N) is 1. The number of benzene rings is 2. The lowest BCUT2D eigenvalue weighted by Crippen LogP contribution is -2.11. The first-order valence-electron chi connectivity index (χ1n) is 6.27. The molecule has 0 heterocycles. The van der Waals surface area contributed by atoms with Gasteiger partial charge < -0.3 is 5.73 Å². The second-order valence-corrected chi connectivity index (χ2v) is 4.39. The van der Waals surface area contributed by atoms with Crippen LogP contribution >= 0.6 is 0 Å². The fraction of sp³-hybridized carbons (Fsp3) is 0.188. The van der Waals surface area contributed by atoms with Gasteiger partial charge in [-0.25, -0.2) is 4.39 Å². The SMILES string of the molecule is NCCc1ccccc1C(=O)Cc1ccccc1F. The van der Waals surface area contributed by atoms with Gasteiger partial charge in [-0.15, -0.1) is 0 Å². The van der Waals surface area contributed by atoms with E-state index < -0.39 is 0 Å². The van der Waals surface area contributed by atoms with E-state index in [1.54, 1.807) is 24.3 Å². The van der Waals surface area contributed by atoms with Gasteiger partial charge in [0.1, 0.15) is 5.82 Å². The lowest BCUT2D eigenvalue weighted by atomic mass is 9.97. The van der Waals surface area contributed by atoms with Gasteiger partial charge in [-0.1, -0.05) is 42.5 Å². The van der Waals surface area contributed by atoms with Crippen LogP contribution in [0, 0.1) is 5.82 Å². The van der Waals surface area contributed by atoms with E-state index in [2.05, 4.69) is 0 Å². The molecule has 0 bridgehead atoms. The monoisotopic (exact) mass is 257 g/mol. The second kappa shape index (κ2) is 6.25. The highest BCUT2D eigenvalue weighted by Gasteiger charge is 2.13. The molecular formula is C16H16FNO. The molecule has 2 aromatic carbocycles. The number of rotatable bonds is 5. The fourth-order valence-corrected chi connectivity index (χ4v) is 2.08. The Labute approximate surface area is 112 Å². The van der Waals surface area contributed by atoms with E-state index in [9.17, 15) is 9.18 Å². The van der Waals surface area contributed by atoms with E-state index >= 15 is 0 Å². The van der Waals surface area contributed by atoms with Gasteiger partial charge in [0.15, 0.2) is 5.78 Å². The molecule has 3 heteroatoms. The van der Waals surface area contributed by atoms with Crippen LogP contribution in [-0.2, 0) is 12.8 Å². The van der Waals surface area contributed by atoms with Gasteiger partial charge in [0, 0.05) is 12.0 Å². The molecule has 0 atom stereocenters. The van der Waals surface area contributed by atoms with E-state index in [1.807, 2.05) is 18.2 Å². The molecule has 2 N–H and O–H groups in total. The van der Waals surface area contributed by atoms with Crippen molar-refractivity contribution in [3.63, 3.8) is 0 Å². The molecule has 0 aliphatic rings. The quantitative estimate of drug-likeness (QED) is 0.837. The minimum atomic E-state index is -0.341. The molecule has 0 aromatic heterocycles. The van der Waals surface area contributed by atoms with Crippen molar-refractivity contribution in [2.24, 2.45) is 5.73 Å². The van der Waals surface area contributed by atoms with Gasteiger partial charge in [-0.05, 0) is 30.2 Å². The van der Waals surface area contributed by atoms with Crippen LogP contribution in [0.2, 0.25) is 0 Å². The van der Waals surface area contributed by atoms with E-state index in [4.69, 9.17) is 5.73 Å². The Morgan fingerprint density at radius 2 is 1.63 bits per heavy atom. The maximum atomic E-state index is 13.5. The largest absolute Gasteiger partial charge is 0.330 e. The third-order valence-corrected chi connectivity index (χ3v) is 3.04. The summed E-state index contributed by atoms with van der Waals surface area (Å²) in [6.45, 7) is 0.490. The molecule has 0 fully saturated rings. The van der Waals surface area contributed by atoms with Crippen LogP contribution in [0.15, 0.2) is 48.5 Å². The van der Waals surface area contributed by atoms with Crippen LogP contribution in [-0.4, -0.2) is 12.3 Å². The summed E-state index contributed by atoms with van der Waals surface area (Å²) in [6, 6.07) is 13.7. The Balaban J connectivity index is 2.23. The molecule has 0 unspecified atom stereocenters. The number of carbonyl (C=O) groups is 1. The van der Waals surface area contributed by atoms with Crippen LogP contribution in [0.4, 0.5) is 4.39 Å². The average Bonchev–Trinajstić information content (AvgIpc) is 2.42. The zero-order valence-corrected chi connectivity index (χ0v) is 10.6. The fourth-order valence-electron chi connectivity index (χ4n) is 2.08. The normalized spacial score (nSPS) is 10.4. The standard InChI is InChI=1S/C16H16FNO/c17-15-8-4-2-6-13(15)11-16(19)14-7-3-1-5-12(14)9-10-18/h1-8H,9-11,18H2. The zero-order chi connectivity index (χ0) is 13.7. The van der Waals surface area contributed by atoms with E-state index in [0.29, 0.717) is 24.1 Å². The summed E-state index contributed by atoms with van der Waals surface area (Å²) >= 11 is 0. The first-order valence-corrected chi connectivity index (χ1v) is 6.27. The maximum Gasteiger partial charge on any atom is 0.167 e. The minimum Gasteiger partial charge on any atom is -0.330 e. The Morgan fingerprint density at radius 1 is 1.00 bits per heavy atom. The molecule has 19 heavy (non-hydrogen) atoms. The van der Waals surface area contributed by atoms with Crippen molar-refractivity contribution < 1.29 is 9.18 Å². The molecule has 2 rings (SSSR count). The summed E-state index contributed by atoms with van der Waals surface area (Å²) in [5.74, 6) is -0.415. The lowest BCUT2D eigenvalue weighted by molar-refractivity contribution is 0.0991. The first kappa shape index (κ1) is 13.4. The Kier molecular flexibility index (Phi) is 4.42. The summed E-state index contributed by atoms with van der Waals surface area (Å²) in [5, 5.41) is 0. The highest BCUT2D eigenvalue weighted by atomic mass is 19.1. The Morgan fingerprint density at radius 3 is 2.32 bits per heavy atom. The first-order chi connectivity index (χ1) is 9.22. The summed E-state index contributed by atoms with van der Waals surface area (Å²) in [7, 11) is 0. The van der Waals surface area contributed by atoms with Crippen molar-refractivity contribution in [1.82, 2.24) is 0 Å². The summed E-state index contributed by atoms with van der Waals surface area (Å²) in [4.78, 5) is 12.3.